The van der Waals surface area contributed by atoms with E-state index in [1.165, 1.54) is 12.1 Å². The number of nitro groups is 1. The highest BCUT2D eigenvalue weighted by Gasteiger charge is 2.12. The number of nitro benzene ring substituents is 1. The molecule has 0 spiro atoms. The largest absolute Gasteiger partial charge is 0.356 e. The molecule has 0 radical (unpaired) electrons. The second kappa shape index (κ2) is 6.78. The first-order valence-electron chi connectivity index (χ1n) is 7.33. The van der Waals surface area contributed by atoms with Crippen molar-refractivity contribution < 1.29 is 9.76 Å². The second-order valence-corrected chi connectivity index (χ2v) is 5.17. The molecule has 0 fully saturated rings. The molecule has 0 unspecified atom stereocenters. The molecule has 0 saturated heterocycles. The van der Waals surface area contributed by atoms with Crippen molar-refractivity contribution in [1.82, 2.24) is 4.57 Å². The maximum absolute atomic E-state index is 11.1. The van der Waals surface area contributed by atoms with Crippen molar-refractivity contribution in [2.24, 2.45) is 5.16 Å². The average molecular weight is 321 g/mol. The maximum Gasteiger partial charge on any atom is 0.275 e. The van der Waals surface area contributed by atoms with Crippen LogP contribution in [0.5, 0.6) is 5.75 Å². The highest BCUT2D eigenvalue weighted by Crippen LogP contribution is 2.25. The van der Waals surface area contributed by atoms with Gasteiger partial charge in [0.15, 0.2) is 5.75 Å². The van der Waals surface area contributed by atoms with Gasteiger partial charge in [0, 0.05) is 24.5 Å². The van der Waals surface area contributed by atoms with E-state index >= 15 is 0 Å². The first-order chi connectivity index (χ1) is 11.6. The van der Waals surface area contributed by atoms with Gasteiger partial charge in [-0.2, -0.15) is 0 Å². The molecule has 0 aliphatic carbocycles. The quantitative estimate of drug-likeness (QED) is 0.402. The molecule has 24 heavy (non-hydrogen) atoms. The van der Waals surface area contributed by atoms with Gasteiger partial charge in [-0.25, -0.2) is 0 Å². The predicted molar refractivity (Wildman–Crippen MR) is 91.7 cm³/mol. The van der Waals surface area contributed by atoms with Gasteiger partial charge in [-0.3, -0.25) is 10.1 Å². The van der Waals surface area contributed by atoms with Crippen molar-refractivity contribution >= 4 is 11.4 Å². The van der Waals surface area contributed by atoms with E-state index in [0.29, 0.717) is 17.1 Å². The molecule has 0 bridgehead atoms. The van der Waals surface area contributed by atoms with Crippen molar-refractivity contribution in [3.05, 3.63) is 88.7 Å². The Labute approximate surface area is 138 Å². The molecule has 0 atom stereocenters. The normalized spacial score (nSPS) is 11.3. The topological polar surface area (TPSA) is 69.7 Å². The first-order valence-corrected chi connectivity index (χ1v) is 7.33. The Hall–Kier alpha value is -3.41. The van der Waals surface area contributed by atoms with Gasteiger partial charge in [0.25, 0.3) is 5.69 Å². The fourth-order valence-electron chi connectivity index (χ4n) is 2.24. The zero-order chi connectivity index (χ0) is 16.9. The van der Waals surface area contributed by atoms with Gasteiger partial charge in [-0.15, -0.1) is 0 Å². The minimum absolute atomic E-state index is 0.0521. The van der Waals surface area contributed by atoms with Crippen LogP contribution in [-0.4, -0.2) is 15.2 Å². The van der Waals surface area contributed by atoms with Gasteiger partial charge in [0.05, 0.1) is 22.4 Å². The smallest absolute Gasteiger partial charge is 0.275 e. The Balaban J connectivity index is 1.91. The molecule has 6 heteroatoms. The van der Waals surface area contributed by atoms with E-state index in [1.807, 2.05) is 49.4 Å². The predicted octanol–water partition coefficient (Wildman–Crippen LogP) is 4.19. The van der Waals surface area contributed by atoms with Gasteiger partial charge in [0.1, 0.15) is 0 Å². The van der Waals surface area contributed by atoms with Crippen molar-refractivity contribution in [3.8, 4) is 11.4 Å². The summed E-state index contributed by atoms with van der Waals surface area (Å²) in [4.78, 5) is 16.1. The molecule has 3 aromatic rings. The fraction of sp³-hybridized carbons (Fsp3) is 0.0556. The molecule has 120 valence electrons. The molecule has 6 nitrogen and oxygen atoms in total. The Morgan fingerprint density at radius 3 is 2.46 bits per heavy atom. The van der Waals surface area contributed by atoms with E-state index in [9.17, 15) is 10.1 Å². The Morgan fingerprint density at radius 2 is 1.79 bits per heavy atom. The van der Waals surface area contributed by atoms with Gasteiger partial charge in [-0.05, 0) is 24.6 Å². The zero-order valence-electron chi connectivity index (χ0n) is 13.0. The summed E-state index contributed by atoms with van der Waals surface area (Å²) >= 11 is 0. The summed E-state index contributed by atoms with van der Waals surface area (Å²) in [5.74, 6) is 0.309. The molecule has 0 N–H and O–H groups in total. The molecule has 1 heterocycles. The summed E-state index contributed by atoms with van der Waals surface area (Å²) in [5, 5.41) is 15.2. The van der Waals surface area contributed by atoms with Gasteiger partial charge < -0.3 is 9.40 Å². The molecule has 1 aromatic heterocycles. The van der Waals surface area contributed by atoms with Gasteiger partial charge >= 0.3 is 0 Å². The van der Waals surface area contributed by atoms with E-state index in [0.717, 1.165) is 5.56 Å². The second-order valence-electron chi connectivity index (χ2n) is 5.17. The average Bonchev–Trinajstić information content (AvgIpc) is 3.15. The number of hydrogen-bond acceptors (Lipinski definition) is 4. The summed E-state index contributed by atoms with van der Waals surface area (Å²) in [7, 11) is 0. The molecule has 0 aliphatic heterocycles. The highest BCUT2D eigenvalue weighted by atomic mass is 16.6. The Kier molecular flexibility index (Phi) is 4.38. The van der Waals surface area contributed by atoms with Crippen LogP contribution in [0.2, 0.25) is 0 Å². The third-order valence-electron chi connectivity index (χ3n) is 3.47. The lowest BCUT2D eigenvalue weighted by atomic mass is 10.1. The summed E-state index contributed by atoms with van der Waals surface area (Å²) in [6, 6.07) is 17.8. The third-order valence-corrected chi connectivity index (χ3v) is 3.47. The van der Waals surface area contributed by atoms with E-state index in [-0.39, 0.29) is 5.69 Å². The fourth-order valence-corrected chi connectivity index (χ4v) is 2.24. The van der Waals surface area contributed by atoms with Crippen LogP contribution in [0, 0.1) is 10.1 Å². The van der Waals surface area contributed by atoms with Crippen molar-refractivity contribution in [3.63, 3.8) is 0 Å². The van der Waals surface area contributed by atoms with Crippen LogP contribution in [0.4, 0.5) is 5.69 Å². The lowest BCUT2D eigenvalue weighted by Gasteiger charge is -2.06. The Bertz CT molecular complexity index is 872. The van der Waals surface area contributed by atoms with Gasteiger partial charge in [-0.1, -0.05) is 35.5 Å². The molecule has 0 amide bonds. The van der Waals surface area contributed by atoms with Crippen molar-refractivity contribution in [2.45, 2.75) is 6.92 Å². The monoisotopic (exact) mass is 321 g/mol. The SMILES string of the molecule is C/C(=N\Oc1cc(-n2cccc2)cc([N+](=O)[O-])c1)c1ccccc1. The van der Waals surface area contributed by atoms with Crippen LogP contribution in [0.1, 0.15) is 12.5 Å². The maximum atomic E-state index is 11.1. The number of aromatic nitrogens is 1. The highest BCUT2D eigenvalue weighted by molar-refractivity contribution is 5.98. The van der Waals surface area contributed by atoms with Crippen molar-refractivity contribution in [1.29, 1.82) is 0 Å². The minimum Gasteiger partial charge on any atom is -0.356 e. The molecule has 2 aromatic carbocycles. The standard InChI is InChI=1S/C18H15N3O3/c1-14(15-7-3-2-4-8-15)19-24-18-12-16(20-9-5-6-10-20)11-17(13-18)21(22)23/h2-13H,1H3/b19-14+. The number of hydrogen-bond donors (Lipinski definition) is 0. The van der Waals surface area contributed by atoms with Crippen LogP contribution < -0.4 is 4.84 Å². The molecule has 0 saturated carbocycles. The molecule has 0 aliphatic rings. The molecular formula is C18H15N3O3. The number of nitrogens with zero attached hydrogens (tertiary/aromatic N) is 3. The molecule has 3 rings (SSSR count). The third kappa shape index (κ3) is 3.49. The lowest BCUT2D eigenvalue weighted by Crippen LogP contribution is -1.99. The minimum atomic E-state index is -0.451. The first kappa shape index (κ1) is 15.5. The van der Waals surface area contributed by atoms with Crippen LogP contribution in [-0.2, 0) is 0 Å². The number of rotatable bonds is 5. The lowest BCUT2D eigenvalue weighted by molar-refractivity contribution is -0.384. The van der Waals surface area contributed by atoms with E-state index in [1.54, 1.807) is 23.0 Å². The Morgan fingerprint density at radius 1 is 1.08 bits per heavy atom. The van der Waals surface area contributed by atoms with Crippen LogP contribution >= 0.6 is 0 Å². The van der Waals surface area contributed by atoms with Crippen molar-refractivity contribution in [2.75, 3.05) is 0 Å². The van der Waals surface area contributed by atoms with Crippen LogP contribution in [0.3, 0.4) is 0 Å². The summed E-state index contributed by atoms with van der Waals surface area (Å²) < 4.78 is 1.77. The zero-order valence-corrected chi connectivity index (χ0v) is 13.0. The number of non-ortho nitro benzene ring substituents is 1. The van der Waals surface area contributed by atoms with Crippen LogP contribution in [0.15, 0.2) is 78.2 Å². The summed E-state index contributed by atoms with van der Waals surface area (Å²) in [5.41, 5.74) is 2.19. The van der Waals surface area contributed by atoms with E-state index < -0.39 is 4.92 Å². The summed E-state index contributed by atoms with van der Waals surface area (Å²) in [6.07, 6.45) is 3.61. The van der Waals surface area contributed by atoms with Crippen LogP contribution in [0.25, 0.3) is 5.69 Å². The number of oxime groups is 1. The van der Waals surface area contributed by atoms with E-state index in [2.05, 4.69) is 5.16 Å². The molecular weight excluding hydrogens is 306 g/mol. The number of benzene rings is 2. The summed E-state index contributed by atoms with van der Waals surface area (Å²) in [6.45, 7) is 1.82. The van der Waals surface area contributed by atoms with Gasteiger partial charge in [0.2, 0.25) is 0 Å². The van der Waals surface area contributed by atoms with E-state index in [4.69, 9.17) is 4.84 Å².